The van der Waals surface area contributed by atoms with Crippen molar-refractivity contribution < 1.29 is 19.6 Å². The lowest BCUT2D eigenvalue weighted by atomic mass is 10.2. The second kappa shape index (κ2) is 8.39. The van der Waals surface area contributed by atoms with Gasteiger partial charge in [0.25, 0.3) is 11.6 Å². The van der Waals surface area contributed by atoms with Crippen molar-refractivity contribution in [3.05, 3.63) is 52.1 Å². The predicted octanol–water partition coefficient (Wildman–Crippen LogP) is 2.43. The van der Waals surface area contributed by atoms with Gasteiger partial charge in [0, 0.05) is 11.6 Å². The Morgan fingerprint density at radius 3 is 2.96 bits per heavy atom. The first-order chi connectivity index (χ1) is 13.5. The Morgan fingerprint density at radius 2 is 2.25 bits per heavy atom. The molecule has 144 valence electrons. The van der Waals surface area contributed by atoms with Crippen LogP contribution >= 0.6 is 11.8 Å². The molecule has 0 atom stereocenters. The molecule has 1 heterocycles. The summed E-state index contributed by atoms with van der Waals surface area (Å²) in [5, 5.41) is 25.3. The molecule has 3 N–H and O–H groups in total. The minimum Gasteiger partial charge on any atom is -0.504 e. The third-order valence-corrected chi connectivity index (χ3v) is 4.49. The fraction of sp³-hybridized carbons (Fsp3) is 0.118. The van der Waals surface area contributed by atoms with Gasteiger partial charge < -0.3 is 14.8 Å². The lowest BCUT2D eigenvalue weighted by molar-refractivity contribution is -0.385. The number of amides is 1. The van der Waals surface area contributed by atoms with Crippen molar-refractivity contribution in [3.8, 4) is 11.5 Å². The number of phenols is 1. The van der Waals surface area contributed by atoms with Crippen LogP contribution in [0.1, 0.15) is 5.56 Å². The molecule has 28 heavy (non-hydrogen) atoms. The maximum Gasteiger partial charge on any atom is 0.274 e. The normalized spacial score (nSPS) is 11.0. The van der Waals surface area contributed by atoms with E-state index in [0.717, 1.165) is 29.4 Å². The Kier molecular flexibility index (Phi) is 5.75. The molecule has 0 aliphatic carbocycles. The Labute approximate surface area is 162 Å². The van der Waals surface area contributed by atoms with Crippen molar-refractivity contribution in [1.82, 2.24) is 15.4 Å². The number of hydrogen-bond acceptors (Lipinski definition) is 8. The smallest absolute Gasteiger partial charge is 0.274 e. The van der Waals surface area contributed by atoms with E-state index in [1.807, 2.05) is 24.3 Å². The van der Waals surface area contributed by atoms with Gasteiger partial charge in [-0.25, -0.2) is 10.4 Å². The Bertz CT molecular complexity index is 1030. The number of ether oxygens (including phenoxy) is 1. The van der Waals surface area contributed by atoms with E-state index in [4.69, 9.17) is 4.74 Å². The first kappa shape index (κ1) is 19.2. The Morgan fingerprint density at radius 1 is 1.46 bits per heavy atom. The average Bonchev–Trinajstić information content (AvgIpc) is 3.10. The second-order valence-corrected chi connectivity index (χ2v) is 6.45. The molecular weight excluding hydrogens is 386 g/mol. The van der Waals surface area contributed by atoms with Gasteiger partial charge in [-0.15, -0.1) is 0 Å². The average molecular weight is 401 g/mol. The number of methoxy groups -OCH3 is 1. The fourth-order valence-corrected chi connectivity index (χ4v) is 2.99. The molecule has 0 aliphatic rings. The number of fused-ring (bicyclic) bond motifs is 1. The van der Waals surface area contributed by atoms with Gasteiger partial charge in [-0.1, -0.05) is 23.9 Å². The number of carbonyl (C=O) groups excluding carboxylic acids is 1. The molecule has 11 heteroatoms. The number of benzene rings is 2. The van der Waals surface area contributed by atoms with Crippen LogP contribution in [0, 0.1) is 10.1 Å². The number of carbonyl (C=O) groups is 1. The van der Waals surface area contributed by atoms with E-state index < -0.39 is 10.8 Å². The van der Waals surface area contributed by atoms with E-state index in [1.54, 1.807) is 0 Å². The standard InChI is InChI=1S/C17H15N5O5S/c1-27-14-7-11(22(25)26)6-10(16(14)24)8-18-21-15(23)9-28-17-19-12-4-2-3-5-13(12)20-17/h2-8,24H,9H2,1H3,(H,19,20)(H,21,23)/b18-8+. The number of para-hydroxylation sites is 2. The van der Waals surface area contributed by atoms with E-state index in [2.05, 4.69) is 20.5 Å². The van der Waals surface area contributed by atoms with Crippen LogP contribution in [-0.2, 0) is 4.79 Å². The summed E-state index contributed by atoms with van der Waals surface area (Å²) in [6, 6.07) is 9.72. The van der Waals surface area contributed by atoms with E-state index in [9.17, 15) is 20.0 Å². The summed E-state index contributed by atoms with van der Waals surface area (Å²) in [6.45, 7) is 0. The Balaban J connectivity index is 1.61. The number of H-pyrrole nitrogens is 1. The molecule has 1 amide bonds. The van der Waals surface area contributed by atoms with Crippen LogP contribution < -0.4 is 10.2 Å². The van der Waals surface area contributed by atoms with E-state index in [0.29, 0.717) is 5.16 Å². The van der Waals surface area contributed by atoms with Gasteiger partial charge >= 0.3 is 0 Å². The lowest BCUT2D eigenvalue weighted by Gasteiger charge is -2.05. The van der Waals surface area contributed by atoms with Crippen LogP contribution in [-0.4, -0.2) is 45.0 Å². The van der Waals surface area contributed by atoms with Crippen LogP contribution in [0.15, 0.2) is 46.7 Å². The van der Waals surface area contributed by atoms with Crippen LogP contribution in [0.25, 0.3) is 11.0 Å². The van der Waals surface area contributed by atoms with Crippen LogP contribution in [0.2, 0.25) is 0 Å². The lowest BCUT2D eigenvalue weighted by Crippen LogP contribution is -2.19. The molecule has 0 spiro atoms. The molecule has 0 radical (unpaired) electrons. The van der Waals surface area contributed by atoms with Crippen LogP contribution in [0.3, 0.4) is 0 Å². The van der Waals surface area contributed by atoms with E-state index >= 15 is 0 Å². The zero-order chi connectivity index (χ0) is 20.1. The summed E-state index contributed by atoms with van der Waals surface area (Å²) in [6.07, 6.45) is 1.11. The summed E-state index contributed by atoms with van der Waals surface area (Å²) >= 11 is 1.20. The number of nitrogens with one attached hydrogen (secondary N) is 2. The molecular formula is C17H15N5O5S. The zero-order valence-electron chi connectivity index (χ0n) is 14.6. The van der Waals surface area contributed by atoms with Gasteiger partial charge in [0.1, 0.15) is 0 Å². The highest BCUT2D eigenvalue weighted by molar-refractivity contribution is 7.99. The van der Waals surface area contributed by atoms with Crippen molar-refractivity contribution in [1.29, 1.82) is 0 Å². The number of hydrazone groups is 1. The molecule has 3 aromatic rings. The quantitative estimate of drug-likeness (QED) is 0.239. The summed E-state index contributed by atoms with van der Waals surface area (Å²) in [4.78, 5) is 29.7. The number of phenolic OH excluding ortho intramolecular Hbond substituents is 1. The molecule has 2 aromatic carbocycles. The number of non-ortho nitro benzene ring substituents is 1. The first-order valence-electron chi connectivity index (χ1n) is 7.92. The number of aromatic hydroxyl groups is 1. The maximum atomic E-state index is 11.9. The highest BCUT2D eigenvalue weighted by Gasteiger charge is 2.16. The number of aromatic nitrogens is 2. The molecule has 0 saturated carbocycles. The van der Waals surface area contributed by atoms with Crippen molar-refractivity contribution in [2.45, 2.75) is 5.16 Å². The number of imidazole rings is 1. The number of aromatic amines is 1. The summed E-state index contributed by atoms with van der Waals surface area (Å²) in [5.41, 5.74) is 3.74. The van der Waals surface area contributed by atoms with E-state index in [1.165, 1.54) is 18.9 Å². The van der Waals surface area contributed by atoms with Gasteiger partial charge in [0.05, 0.1) is 41.1 Å². The SMILES string of the molecule is COc1cc([N+](=O)[O-])cc(/C=N/NC(=O)CSc2nc3ccccc3[nH]2)c1O. The van der Waals surface area contributed by atoms with Crippen molar-refractivity contribution in [3.63, 3.8) is 0 Å². The maximum absolute atomic E-state index is 11.9. The molecule has 0 fully saturated rings. The molecule has 0 aliphatic heterocycles. The fourth-order valence-electron chi connectivity index (χ4n) is 2.31. The minimum atomic E-state index is -0.623. The van der Waals surface area contributed by atoms with Crippen molar-refractivity contribution >= 4 is 40.6 Å². The molecule has 1 aromatic heterocycles. The van der Waals surface area contributed by atoms with Gasteiger partial charge in [-0.05, 0) is 12.1 Å². The van der Waals surface area contributed by atoms with Crippen molar-refractivity contribution in [2.75, 3.05) is 12.9 Å². The predicted molar refractivity (Wildman–Crippen MR) is 104 cm³/mol. The molecule has 3 rings (SSSR count). The molecule has 0 unspecified atom stereocenters. The van der Waals surface area contributed by atoms with Gasteiger partial charge in [-0.2, -0.15) is 5.10 Å². The highest BCUT2D eigenvalue weighted by Crippen LogP contribution is 2.33. The number of nitro benzene ring substituents is 1. The van der Waals surface area contributed by atoms with Crippen LogP contribution in [0.4, 0.5) is 5.69 Å². The van der Waals surface area contributed by atoms with Gasteiger partial charge in [0.2, 0.25) is 0 Å². The molecule has 10 nitrogen and oxygen atoms in total. The van der Waals surface area contributed by atoms with Crippen molar-refractivity contribution in [2.24, 2.45) is 5.10 Å². The number of rotatable bonds is 7. The Hall–Kier alpha value is -3.60. The monoisotopic (exact) mass is 401 g/mol. The third kappa shape index (κ3) is 4.38. The zero-order valence-corrected chi connectivity index (χ0v) is 15.4. The second-order valence-electron chi connectivity index (χ2n) is 5.48. The number of hydrogen-bond donors (Lipinski definition) is 3. The molecule has 0 saturated heterocycles. The topological polar surface area (TPSA) is 143 Å². The van der Waals surface area contributed by atoms with Gasteiger partial charge in [0.15, 0.2) is 16.7 Å². The largest absolute Gasteiger partial charge is 0.504 e. The van der Waals surface area contributed by atoms with Gasteiger partial charge in [-0.3, -0.25) is 14.9 Å². The number of thioether (sulfide) groups is 1. The first-order valence-corrected chi connectivity index (χ1v) is 8.91. The summed E-state index contributed by atoms with van der Waals surface area (Å²) in [5.74, 6) is -0.731. The third-order valence-electron chi connectivity index (χ3n) is 3.62. The summed E-state index contributed by atoms with van der Waals surface area (Å²) < 4.78 is 4.90. The summed E-state index contributed by atoms with van der Waals surface area (Å²) in [7, 11) is 1.27. The number of nitro groups is 1. The van der Waals surface area contributed by atoms with E-state index in [-0.39, 0.29) is 28.5 Å². The molecule has 0 bridgehead atoms. The minimum absolute atomic E-state index is 0.0382. The van der Waals surface area contributed by atoms with Crippen LogP contribution in [0.5, 0.6) is 11.5 Å². The highest BCUT2D eigenvalue weighted by atomic mass is 32.2. The number of nitrogens with zero attached hydrogens (tertiary/aromatic N) is 3.